The number of hydrogen-bond donors (Lipinski definition) is 3. The van der Waals surface area contributed by atoms with Crippen molar-refractivity contribution in [3.63, 3.8) is 0 Å². The van der Waals surface area contributed by atoms with Gasteiger partial charge in [0, 0.05) is 47.7 Å². The van der Waals surface area contributed by atoms with Crippen molar-refractivity contribution in [3.8, 4) is 22.4 Å². The highest BCUT2D eigenvalue weighted by atomic mass is 19.1. The molecule has 0 spiro atoms. The number of aliphatic hydroxyl groups excluding tert-OH is 1. The molecule has 5 aromatic rings. The van der Waals surface area contributed by atoms with Crippen LogP contribution in [0.3, 0.4) is 0 Å². The molecule has 2 amide bonds. The second kappa shape index (κ2) is 10.5. The normalized spacial score (nSPS) is 14.6. The lowest BCUT2D eigenvalue weighted by Crippen LogP contribution is -2.41. The van der Waals surface area contributed by atoms with Crippen LogP contribution in [-0.4, -0.2) is 49.9 Å². The molecule has 2 fully saturated rings. The lowest BCUT2D eigenvalue weighted by molar-refractivity contribution is 0.0651. The average Bonchev–Trinajstić information content (AvgIpc) is 3.74. The van der Waals surface area contributed by atoms with E-state index < -0.39 is 18.3 Å². The summed E-state index contributed by atoms with van der Waals surface area (Å²) in [7, 11) is 0. The van der Waals surface area contributed by atoms with E-state index in [4.69, 9.17) is 0 Å². The van der Waals surface area contributed by atoms with Crippen LogP contribution < -0.4 is 5.32 Å². The number of aliphatic hydroxyl groups is 1. The number of rotatable bonds is 7. The monoisotopic (exact) mass is 561 g/mol. The van der Waals surface area contributed by atoms with Crippen molar-refractivity contribution in [2.75, 3.05) is 18.4 Å². The zero-order chi connectivity index (χ0) is 28.8. The number of aromatic amines is 1. The summed E-state index contributed by atoms with van der Waals surface area (Å²) in [4.78, 5) is 39.6. The van der Waals surface area contributed by atoms with Gasteiger partial charge in [-0.15, -0.1) is 0 Å². The third kappa shape index (κ3) is 4.71. The molecule has 0 bridgehead atoms. The standard InChI is InChI=1S/C33H28FN5O3/c34-28-16-22(19-2-3-19)8-9-25(28)32(41)38-31-27(18-40)24(11-13-36-31)23-10-12-35-30-26(23)17-29(37-30)20-4-6-21(7-5-20)33(42)39-14-1-15-39/h4-13,16-17,19,40H,1-3,14-15,18H2,(H,35,37)(H,36,38,41). The van der Waals surface area contributed by atoms with E-state index >= 15 is 0 Å². The molecule has 1 saturated heterocycles. The van der Waals surface area contributed by atoms with Crippen LogP contribution in [0.1, 0.15) is 57.0 Å². The number of likely N-dealkylation sites (tertiary alicyclic amines) is 1. The van der Waals surface area contributed by atoms with E-state index in [2.05, 4.69) is 20.3 Å². The number of aromatic nitrogens is 3. The SMILES string of the molecule is O=C(Nc1nccc(-c2ccnc3[nH]c(-c4ccc(C(=O)N5CCC5)cc4)cc23)c1CO)c1ccc(C2CC2)cc1F. The molecular weight excluding hydrogens is 533 g/mol. The fraction of sp³-hybridized carbons (Fsp3) is 0.212. The Labute approximate surface area is 241 Å². The van der Waals surface area contributed by atoms with Gasteiger partial charge >= 0.3 is 0 Å². The van der Waals surface area contributed by atoms with Crippen LogP contribution in [0, 0.1) is 5.82 Å². The maximum Gasteiger partial charge on any atom is 0.259 e. The van der Waals surface area contributed by atoms with Gasteiger partial charge in [-0.05, 0) is 89.9 Å². The van der Waals surface area contributed by atoms with E-state index in [0.717, 1.165) is 60.1 Å². The number of pyridine rings is 2. The molecule has 210 valence electrons. The van der Waals surface area contributed by atoms with Crippen LogP contribution >= 0.6 is 0 Å². The van der Waals surface area contributed by atoms with Crippen LogP contribution in [-0.2, 0) is 6.61 Å². The second-order valence-corrected chi connectivity index (χ2v) is 10.8. The number of benzene rings is 2. The third-order valence-corrected chi connectivity index (χ3v) is 8.14. The summed E-state index contributed by atoms with van der Waals surface area (Å²) in [6.45, 7) is 1.21. The first kappa shape index (κ1) is 26.0. The van der Waals surface area contributed by atoms with E-state index in [1.54, 1.807) is 24.5 Å². The number of hydrogen-bond acceptors (Lipinski definition) is 5. The number of H-pyrrole nitrogens is 1. The molecule has 1 aliphatic carbocycles. The Kier molecular flexibility index (Phi) is 6.51. The highest BCUT2D eigenvalue weighted by Crippen LogP contribution is 2.40. The van der Waals surface area contributed by atoms with Crippen molar-refractivity contribution in [1.82, 2.24) is 19.9 Å². The van der Waals surface area contributed by atoms with E-state index in [9.17, 15) is 19.1 Å². The minimum absolute atomic E-state index is 0.0449. The first-order chi connectivity index (χ1) is 20.5. The number of anilines is 1. The molecule has 0 unspecified atom stereocenters. The van der Waals surface area contributed by atoms with E-state index in [-0.39, 0.29) is 17.3 Å². The Hall–Kier alpha value is -4.89. The largest absolute Gasteiger partial charge is 0.392 e. The molecular formula is C33H28FN5O3. The summed E-state index contributed by atoms with van der Waals surface area (Å²) in [5, 5.41) is 13.9. The summed E-state index contributed by atoms with van der Waals surface area (Å²) in [5.41, 5.74) is 5.72. The van der Waals surface area contributed by atoms with Gasteiger partial charge in [-0.2, -0.15) is 0 Å². The Bertz CT molecular complexity index is 1840. The van der Waals surface area contributed by atoms with Crippen molar-refractivity contribution >= 4 is 28.7 Å². The topological polar surface area (TPSA) is 111 Å². The van der Waals surface area contributed by atoms with Crippen LogP contribution in [0.2, 0.25) is 0 Å². The molecule has 9 heteroatoms. The fourth-order valence-corrected chi connectivity index (χ4v) is 5.49. The molecule has 3 aromatic heterocycles. The van der Waals surface area contributed by atoms with Gasteiger partial charge in [0.15, 0.2) is 0 Å². The van der Waals surface area contributed by atoms with E-state index in [1.165, 1.54) is 12.1 Å². The first-order valence-corrected chi connectivity index (χ1v) is 14.1. The van der Waals surface area contributed by atoms with Crippen molar-refractivity contribution < 1.29 is 19.1 Å². The zero-order valence-corrected chi connectivity index (χ0v) is 22.7. The molecule has 7 rings (SSSR count). The summed E-state index contributed by atoms with van der Waals surface area (Å²) in [6.07, 6.45) is 6.34. The lowest BCUT2D eigenvalue weighted by Gasteiger charge is -2.30. The van der Waals surface area contributed by atoms with Crippen molar-refractivity contribution in [3.05, 3.63) is 101 Å². The third-order valence-electron chi connectivity index (χ3n) is 8.14. The Balaban J connectivity index is 1.19. The van der Waals surface area contributed by atoms with Crippen LogP contribution in [0.25, 0.3) is 33.4 Å². The number of nitrogens with one attached hydrogen (secondary N) is 2. The first-order valence-electron chi connectivity index (χ1n) is 14.1. The van der Waals surface area contributed by atoms with Gasteiger partial charge in [0.25, 0.3) is 11.8 Å². The zero-order valence-electron chi connectivity index (χ0n) is 22.7. The Morgan fingerprint density at radius 3 is 2.43 bits per heavy atom. The minimum Gasteiger partial charge on any atom is -0.392 e. The fourth-order valence-electron chi connectivity index (χ4n) is 5.49. The van der Waals surface area contributed by atoms with Gasteiger partial charge in [0.1, 0.15) is 17.3 Å². The predicted octanol–water partition coefficient (Wildman–Crippen LogP) is 5.90. The van der Waals surface area contributed by atoms with Crippen molar-refractivity contribution in [2.45, 2.75) is 31.8 Å². The molecule has 2 aromatic carbocycles. The number of halogens is 1. The number of amides is 2. The van der Waals surface area contributed by atoms with Crippen molar-refractivity contribution in [2.24, 2.45) is 0 Å². The summed E-state index contributed by atoms with van der Waals surface area (Å²) in [6, 6.07) is 17.8. The maximum atomic E-state index is 14.8. The summed E-state index contributed by atoms with van der Waals surface area (Å²) < 4.78 is 14.8. The smallest absolute Gasteiger partial charge is 0.259 e. The van der Waals surface area contributed by atoms with Gasteiger partial charge in [-0.25, -0.2) is 14.4 Å². The molecule has 1 saturated carbocycles. The van der Waals surface area contributed by atoms with Gasteiger partial charge in [-0.1, -0.05) is 18.2 Å². The molecule has 0 radical (unpaired) electrons. The second-order valence-electron chi connectivity index (χ2n) is 10.8. The van der Waals surface area contributed by atoms with Gasteiger partial charge in [0.05, 0.1) is 12.2 Å². The highest BCUT2D eigenvalue weighted by Gasteiger charge is 2.26. The van der Waals surface area contributed by atoms with E-state index in [0.29, 0.717) is 28.3 Å². The molecule has 3 N–H and O–H groups in total. The molecule has 2 aliphatic rings. The molecule has 0 atom stereocenters. The number of carbonyl (C=O) groups excluding carboxylic acids is 2. The van der Waals surface area contributed by atoms with Crippen molar-refractivity contribution in [1.29, 1.82) is 0 Å². The van der Waals surface area contributed by atoms with Gasteiger partial charge in [-0.3, -0.25) is 9.59 Å². The van der Waals surface area contributed by atoms with Gasteiger partial charge in [0.2, 0.25) is 0 Å². The maximum absolute atomic E-state index is 14.8. The number of nitrogens with zero attached hydrogens (tertiary/aromatic N) is 3. The number of carbonyl (C=O) groups is 2. The molecule has 8 nitrogen and oxygen atoms in total. The highest BCUT2D eigenvalue weighted by molar-refractivity contribution is 6.05. The summed E-state index contributed by atoms with van der Waals surface area (Å²) >= 11 is 0. The lowest BCUT2D eigenvalue weighted by atomic mass is 9.99. The van der Waals surface area contributed by atoms with Crippen LogP contribution in [0.15, 0.2) is 73.1 Å². The van der Waals surface area contributed by atoms with Gasteiger partial charge < -0.3 is 20.3 Å². The van der Waals surface area contributed by atoms with E-state index in [1.807, 2.05) is 41.3 Å². The summed E-state index contributed by atoms with van der Waals surface area (Å²) in [5.74, 6) is -0.625. The molecule has 4 heterocycles. The quantitative estimate of drug-likeness (QED) is 0.229. The average molecular weight is 562 g/mol. The number of fused-ring (bicyclic) bond motifs is 1. The van der Waals surface area contributed by atoms with Crippen LogP contribution in [0.5, 0.6) is 0 Å². The Morgan fingerprint density at radius 2 is 1.74 bits per heavy atom. The predicted molar refractivity (Wildman–Crippen MR) is 158 cm³/mol. The molecule has 1 aliphatic heterocycles. The van der Waals surface area contributed by atoms with Crippen LogP contribution in [0.4, 0.5) is 10.2 Å². The minimum atomic E-state index is -0.631. The Morgan fingerprint density at radius 1 is 0.976 bits per heavy atom. The molecule has 42 heavy (non-hydrogen) atoms.